The smallest absolute Gasteiger partial charge is 0.387 e. The number of ether oxygens (including phenoxy) is 1. The van der Waals surface area contributed by atoms with E-state index < -0.39 is 6.61 Å². The van der Waals surface area contributed by atoms with E-state index in [9.17, 15) is 8.78 Å². The number of rotatable bonds is 2. The van der Waals surface area contributed by atoms with Crippen LogP contribution in [0.5, 0.6) is 5.75 Å². The van der Waals surface area contributed by atoms with Crippen LogP contribution in [0, 0.1) is 6.92 Å². The summed E-state index contributed by atoms with van der Waals surface area (Å²) in [5.41, 5.74) is 6.26. The van der Waals surface area contributed by atoms with Crippen LogP contribution in [0.4, 0.5) is 14.5 Å². The van der Waals surface area contributed by atoms with Crippen molar-refractivity contribution in [2.75, 3.05) is 5.73 Å². The van der Waals surface area contributed by atoms with Gasteiger partial charge in [-0.3, -0.25) is 0 Å². The quantitative estimate of drug-likeness (QED) is 0.821. The van der Waals surface area contributed by atoms with Gasteiger partial charge in [-0.05, 0) is 24.6 Å². The molecule has 0 spiro atoms. The van der Waals surface area contributed by atoms with Crippen molar-refractivity contribution in [3.05, 3.63) is 22.2 Å². The Labute approximate surface area is 82.8 Å². The van der Waals surface area contributed by atoms with Crippen molar-refractivity contribution in [1.82, 2.24) is 0 Å². The summed E-state index contributed by atoms with van der Waals surface area (Å²) in [6.07, 6.45) is 0. The van der Waals surface area contributed by atoms with E-state index >= 15 is 0 Å². The molecule has 1 aromatic carbocycles. The van der Waals surface area contributed by atoms with Gasteiger partial charge >= 0.3 is 6.61 Å². The van der Waals surface area contributed by atoms with Gasteiger partial charge in [-0.1, -0.05) is 15.9 Å². The number of hydrogen-bond donors (Lipinski definition) is 1. The molecule has 0 bridgehead atoms. The number of aryl methyl sites for hydroxylation is 1. The van der Waals surface area contributed by atoms with Gasteiger partial charge in [0.2, 0.25) is 0 Å². The Kier molecular flexibility index (Phi) is 3.08. The van der Waals surface area contributed by atoms with E-state index in [1.165, 1.54) is 6.07 Å². The van der Waals surface area contributed by atoms with Gasteiger partial charge in [0.1, 0.15) is 0 Å². The molecule has 0 aliphatic rings. The molecular formula is C8H8BrF2NO. The molecule has 1 aromatic rings. The number of nitrogens with two attached hydrogens (primary N) is 1. The average molecular weight is 252 g/mol. The molecule has 5 heteroatoms. The van der Waals surface area contributed by atoms with E-state index in [1.807, 2.05) is 0 Å². The molecule has 0 heterocycles. The fourth-order valence-electron chi connectivity index (χ4n) is 1.01. The van der Waals surface area contributed by atoms with Crippen molar-refractivity contribution in [2.45, 2.75) is 13.5 Å². The van der Waals surface area contributed by atoms with E-state index in [-0.39, 0.29) is 11.4 Å². The van der Waals surface area contributed by atoms with Crippen molar-refractivity contribution in [3.8, 4) is 5.75 Å². The molecule has 0 fully saturated rings. The fourth-order valence-corrected chi connectivity index (χ4v) is 1.60. The molecule has 2 nitrogen and oxygen atoms in total. The molecule has 0 saturated heterocycles. The lowest BCUT2D eigenvalue weighted by molar-refractivity contribution is -0.0497. The van der Waals surface area contributed by atoms with Crippen molar-refractivity contribution < 1.29 is 13.5 Å². The lowest BCUT2D eigenvalue weighted by Gasteiger charge is -2.10. The molecule has 0 unspecified atom stereocenters. The Balaban J connectivity index is 3.06. The second kappa shape index (κ2) is 3.91. The maximum absolute atomic E-state index is 11.9. The highest BCUT2D eigenvalue weighted by Crippen LogP contribution is 2.31. The third-order valence-corrected chi connectivity index (χ3v) is 1.93. The summed E-state index contributed by atoms with van der Waals surface area (Å²) in [6.45, 7) is -1.19. The van der Waals surface area contributed by atoms with E-state index in [4.69, 9.17) is 5.73 Å². The molecular weight excluding hydrogens is 244 g/mol. The summed E-state index contributed by atoms with van der Waals surface area (Å²) in [7, 11) is 0. The third kappa shape index (κ3) is 2.55. The van der Waals surface area contributed by atoms with Crippen LogP contribution in [0.2, 0.25) is 0 Å². The maximum atomic E-state index is 11.9. The number of anilines is 1. The number of alkyl halides is 2. The highest BCUT2D eigenvalue weighted by atomic mass is 79.9. The zero-order valence-electron chi connectivity index (χ0n) is 6.85. The van der Waals surface area contributed by atoms with E-state index in [2.05, 4.69) is 20.7 Å². The molecule has 0 aromatic heterocycles. The van der Waals surface area contributed by atoms with Crippen LogP contribution in [0.1, 0.15) is 5.56 Å². The van der Waals surface area contributed by atoms with Gasteiger partial charge < -0.3 is 10.5 Å². The molecule has 13 heavy (non-hydrogen) atoms. The molecule has 0 atom stereocenters. The molecule has 0 radical (unpaired) electrons. The summed E-state index contributed by atoms with van der Waals surface area (Å²) in [5.74, 6) is 0.0400. The Morgan fingerprint density at radius 1 is 1.46 bits per heavy atom. The maximum Gasteiger partial charge on any atom is 0.387 e. The van der Waals surface area contributed by atoms with Gasteiger partial charge in [0.05, 0.1) is 5.69 Å². The second-order valence-corrected chi connectivity index (χ2v) is 3.44. The highest BCUT2D eigenvalue weighted by molar-refractivity contribution is 9.10. The Hall–Kier alpha value is -0.840. The van der Waals surface area contributed by atoms with Crippen molar-refractivity contribution in [3.63, 3.8) is 0 Å². The minimum Gasteiger partial charge on any atom is -0.432 e. The Morgan fingerprint density at radius 3 is 2.54 bits per heavy atom. The Bertz CT molecular complexity index is 294. The predicted molar refractivity (Wildman–Crippen MR) is 49.9 cm³/mol. The monoisotopic (exact) mass is 251 g/mol. The lowest BCUT2D eigenvalue weighted by atomic mass is 10.2. The summed E-state index contributed by atoms with van der Waals surface area (Å²) in [6, 6.07) is 3.18. The molecule has 2 N–H and O–H groups in total. The number of hydrogen-bond acceptors (Lipinski definition) is 2. The molecule has 0 aliphatic carbocycles. The number of nitrogen functional groups attached to an aromatic ring is 1. The molecule has 72 valence electrons. The minimum absolute atomic E-state index is 0.0400. The van der Waals surface area contributed by atoms with Crippen LogP contribution < -0.4 is 10.5 Å². The highest BCUT2D eigenvalue weighted by Gasteiger charge is 2.11. The van der Waals surface area contributed by atoms with Crippen LogP contribution in [0.15, 0.2) is 16.6 Å². The van der Waals surface area contributed by atoms with Crippen LogP contribution in [0.3, 0.4) is 0 Å². The first-order chi connectivity index (χ1) is 6.00. The average Bonchev–Trinajstić information content (AvgIpc) is 1.96. The van der Waals surface area contributed by atoms with Gasteiger partial charge in [-0.2, -0.15) is 8.78 Å². The Morgan fingerprint density at radius 2 is 2.08 bits per heavy atom. The van der Waals surface area contributed by atoms with Gasteiger partial charge in [-0.15, -0.1) is 0 Å². The summed E-state index contributed by atoms with van der Waals surface area (Å²) in [5, 5.41) is 0. The number of halogens is 3. The fraction of sp³-hybridized carbons (Fsp3) is 0.250. The summed E-state index contributed by atoms with van der Waals surface area (Å²) >= 11 is 3.19. The van der Waals surface area contributed by atoms with Crippen molar-refractivity contribution in [1.29, 1.82) is 0 Å². The van der Waals surface area contributed by atoms with E-state index in [1.54, 1.807) is 13.0 Å². The number of benzene rings is 1. The predicted octanol–water partition coefficient (Wildman–Crippen LogP) is 2.94. The zero-order chi connectivity index (χ0) is 10.0. The SMILES string of the molecule is Cc1cc(Br)cc(N)c1OC(F)F. The van der Waals surface area contributed by atoms with E-state index in [0.717, 1.165) is 4.47 Å². The van der Waals surface area contributed by atoms with Gasteiger partial charge in [0.25, 0.3) is 0 Å². The van der Waals surface area contributed by atoms with Crippen LogP contribution >= 0.6 is 15.9 Å². The molecule has 0 aliphatic heterocycles. The van der Waals surface area contributed by atoms with E-state index in [0.29, 0.717) is 5.56 Å². The van der Waals surface area contributed by atoms with Crippen LogP contribution in [-0.4, -0.2) is 6.61 Å². The first kappa shape index (κ1) is 10.2. The van der Waals surface area contributed by atoms with Gasteiger partial charge in [0.15, 0.2) is 5.75 Å². The first-order valence-electron chi connectivity index (χ1n) is 3.51. The van der Waals surface area contributed by atoms with Crippen LogP contribution in [0.25, 0.3) is 0 Å². The van der Waals surface area contributed by atoms with Crippen molar-refractivity contribution in [2.24, 2.45) is 0 Å². The summed E-state index contributed by atoms with van der Waals surface area (Å²) < 4.78 is 28.8. The van der Waals surface area contributed by atoms with Crippen molar-refractivity contribution >= 4 is 21.6 Å². The largest absolute Gasteiger partial charge is 0.432 e. The minimum atomic E-state index is -2.85. The molecule has 0 amide bonds. The first-order valence-corrected chi connectivity index (χ1v) is 4.30. The van der Waals surface area contributed by atoms with Gasteiger partial charge in [-0.25, -0.2) is 0 Å². The molecule has 1 rings (SSSR count). The molecule has 0 saturated carbocycles. The normalized spacial score (nSPS) is 10.5. The zero-order valence-corrected chi connectivity index (χ0v) is 8.44. The summed E-state index contributed by atoms with van der Waals surface area (Å²) in [4.78, 5) is 0. The lowest BCUT2D eigenvalue weighted by Crippen LogP contribution is -2.05. The van der Waals surface area contributed by atoms with Gasteiger partial charge in [0, 0.05) is 4.47 Å². The topological polar surface area (TPSA) is 35.2 Å². The van der Waals surface area contributed by atoms with Crippen LogP contribution in [-0.2, 0) is 0 Å². The standard InChI is InChI=1S/C8H8BrF2NO/c1-4-2-5(9)3-6(12)7(4)13-8(10)11/h2-3,8H,12H2,1H3. The third-order valence-electron chi connectivity index (χ3n) is 1.48. The second-order valence-electron chi connectivity index (χ2n) is 2.52.